The largest absolute Gasteiger partial charge is 0.481 e. The summed E-state index contributed by atoms with van der Waals surface area (Å²) in [6, 6.07) is 7.59. The van der Waals surface area contributed by atoms with Crippen LogP contribution in [0.25, 0.3) is 0 Å². The molecule has 1 aromatic carbocycles. The number of hydrogen-bond donors (Lipinski definition) is 1. The Balaban J connectivity index is 2.82. The smallest absolute Gasteiger partial charge is 0.305 e. The number of amides is 1. The Kier molecular flexibility index (Phi) is 6.77. The molecule has 0 radical (unpaired) electrons. The summed E-state index contributed by atoms with van der Waals surface area (Å²) < 4.78 is 0. The summed E-state index contributed by atoms with van der Waals surface area (Å²) in [4.78, 5) is 24.7. The molecule has 110 valence electrons. The van der Waals surface area contributed by atoms with Crippen LogP contribution in [-0.4, -0.2) is 23.5 Å². The first kappa shape index (κ1) is 16.2. The van der Waals surface area contributed by atoms with Gasteiger partial charge < -0.3 is 10.0 Å². The molecular weight excluding hydrogens is 254 g/mol. The number of carbonyl (C=O) groups is 2. The van der Waals surface area contributed by atoms with E-state index in [9.17, 15) is 9.59 Å². The van der Waals surface area contributed by atoms with Crippen molar-refractivity contribution in [1.82, 2.24) is 0 Å². The summed E-state index contributed by atoms with van der Waals surface area (Å²) in [6.07, 6.45) is 3.37. The van der Waals surface area contributed by atoms with Crippen LogP contribution in [0.1, 0.15) is 44.6 Å². The van der Waals surface area contributed by atoms with Crippen LogP contribution in [0.5, 0.6) is 0 Å². The lowest BCUT2D eigenvalue weighted by atomic mass is 10.1. The first-order chi connectivity index (χ1) is 9.56. The molecule has 0 aliphatic heterocycles. The van der Waals surface area contributed by atoms with Crippen molar-refractivity contribution < 1.29 is 14.7 Å². The molecule has 0 aliphatic rings. The molecule has 0 aromatic heterocycles. The van der Waals surface area contributed by atoms with Crippen molar-refractivity contribution >= 4 is 17.6 Å². The fourth-order valence-corrected chi connectivity index (χ4v) is 2.11. The number of para-hydroxylation sites is 1. The van der Waals surface area contributed by atoms with Gasteiger partial charge in [0, 0.05) is 18.7 Å². The zero-order valence-corrected chi connectivity index (χ0v) is 12.3. The third kappa shape index (κ3) is 5.03. The Hall–Kier alpha value is -1.84. The van der Waals surface area contributed by atoms with Crippen LogP contribution in [0, 0.1) is 6.92 Å². The van der Waals surface area contributed by atoms with Gasteiger partial charge in [-0.3, -0.25) is 9.59 Å². The highest BCUT2D eigenvalue weighted by atomic mass is 16.4. The van der Waals surface area contributed by atoms with Crippen LogP contribution in [0.4, 0.5) is 5.69 Å². The van der Waals surface area contributed by atoms with Gasteiger partial charge >= 0.3 is 5.97 Å². The lowest BCUT2D eigenvalue weighted by molar-refractivity contribution is -0.136. The molecule has 0 unspecified atom stereocenters. The van der Waals surface area contributed by atoms with Crippen molar-refractivity contribution in [2.45, 2.75) is 46.0 Å². The molecule has 0 saturated heterocycles. The molecule has 1 amide bonds. The Labute approximate surface area is 120 Å². The topological polar surface area (TPSA) is 57.6 Å². The average molecular weight is 277 g/mol. The van der Waals surface area contributed by atoms with Gasteiger partial charge in [0.15, 0.2) is 0 Å². The highest BCUT2D eigenvalue weighted by Crippen LogP contribution is 2.21. The second kappa shape index (κ2) is 8.35. The minimum atomic E-state index is -0.884. The number of benzene rings is 1. The molecule has 0 aliphatic carbocycles. The second-order valence-corrected chi connectivity index (χ2v) is 4.93. The van der Waals surface area contributed by atoms with Crippen molar-refractivity contribution in [3.63, 3.8) is 0 Å². The van der Waals surface area contributed by atoms with Gasteiger partial charge in [-0.25, -0.2) is 0 Å². The molecule has 0 fully saturated rings. The number of anilines is 1. The number of unbranched alkanes of at least 4 members (excludes halogenated alkanes) is 2. The monoisotopic (exact) mass is 277 g/mol. The maximum Gasteiger partial charge on any atom is 0.305 e. The number of carboxylic acid groups (broad SMARTS) is 1. The summed E-state index contributed by atoms with van der Waals surface area (Å²) >= 11 is 0. The molecule has 0 bridgehead atoms. The highest BCUT2D eigenvalue weighted by Gasteiger charge is 2.17. The minimum absolute atomic E-state index is 0.00833. The Morgan fingerprint density at radius 1 is 1.15 bits per heavy atom. The van der Waals surface area contributed by atoms with Gasteiger partial charge in [0.1, 0.15) is 0 Å². The predicted molar refractivity (Wildman–Crippen MR) is 79.9 cm³/mol. The summed E-state index contributed by atoms with van der Waals surface area (Å²) in [6.45, 7) is 4.25. The molecule has 20 heavy (non-hydrogen) atoms. The molecule has 4 nitrogen and oxygen atoms in total. The Bertz CT molecular complexity index is 457. The molecule has 0 saturated carbocycles. The van der Waals surface area contributed by atoms with Crippen LogP contribution in [-0.2, 0) is 9.59 Å². The van der Waals surface area contributed by atoms with E-state index < -0.39 is 5.97 Å². The molecule has 1 N–H and O–H groups in total. The summed E-state index contributed by atoms with van der Waals surface area (Å²) in [5.74, 6) is -0.876. The fourth-order valence-electron chi connectivity index (χ4n) is 2.11. The number of carbonyl (C=O) groups excluding carboxylic acids is 1. The van der Waals surface area contributed by atoms with E-state index in [-0.39, 0.29) is 18.9 Å². The lowest BCUT2D eigenvalue weighted by Gasteiger charge is -2.24. The SMILES string of the molecule is CCCCCC(=O)N(CCC(=O)O)c1ccccc1C. The molecule has 0 heterocycles. The van der Waals surface area contributed by atoms with Gasteiger partial charge in [0.05, 0.1) is 6.42 Å². The quantitative estimate of drug-likeness (QED) is 0.741. The molecule has 4 heteroatoms. The lowest BCUT2D eigenvalue weighted by Crippen LogP contribution is -2.33. The van der Waals surface area contributed by atoms with Gasteiger partial charge in [0.25, 0.3) is 0 Å². The minimum Gasteiger partial charge on any atom is -0.481 e. The van der Waals surface area contributed by atoms with Gasteiger partial charge in [-0.1, -0.05) is 38.0 Å². The van der Waals surface area contributed by atoms with Gasteiger partial charge in [-0.15, -0.1) is 0 Å². The Morgan fingerprint density at radius 2 is 1.85 bits per heavy atom. The summed E-state index contributed by atoms with van der Waals surface area (Å²) in [5, 5.41) is 8.84. The van der Waals surface area contributed by atoms with E-state index in [0.29, 0.717) is 6.42 Å². The van der Waals surface area contributed by atoms with E-state index in [1.54, 1.807) is 4.90 Å². The van der Waals surface area contributed by atoms with Crippen molar-refractivity contribution in [2.24, 2.45) is 0 Å². The van der Waals surface area contributed by atoms with Crippen LogP contribution < -0.4 is 4.90 Å². The van der Waals surface area contributed by atoms with Crippen LogP contribution >= 0.6 is 0 Å². The third-order valence-electron chi connectivity index (χ3n) is 3.25. The van der Waals surface area contributed by atoms with Crippen molar-refractivity contribution in [3.05, 3.63) is 29.8 Å². The van der Waals surface area contributed by atoms with E-state index in [4.69, 9.17) is 5.11 Å². The van der Waals surface area contributed by atoms with Crippen LogP contribution in [0.15, 0.2) is 24.3 Å². The highest BCUT2D eigenvalue weighted by molar-refractivity contribution is 5.94. The molecule has 0 spiro atoms. The van der Waals surface area contributed by atoms with Crippen LogP contribution in [0.2, 0.25) is 0 Å². The normalized spacial score (nSPS) is 10.3. The Morgan fingerprint density at radius 3 is 2.45 bits per heavy atom. The predicted octanol–water partition coefficient (Wildman–Crippen LogP) is 3.38. The number of hydrogen-bond acceptors (Lipinski definition) is 2. The number of aliphatic carboxylic acids is 1. The third-order valence-corrected chi connectivity index (χ3v) is 3.25. The van der Waals surface area contributed by atoms with Gasteiger partial charge in [-0.05, 0) is 25.0 Å². The van der Waals surface area contributed by atoms with E-state index in [1.165, 1.54) is 0 Å². The zero-order valence-electron chi connectivity index (χ0n) is 12.3. The van der Waals surface area contributed by atoms with Gasteiger partial charge in [0.2, 0.25) is 5.91 Å². The standard InChI is InChI=1S/C16H23NO3/c1-3-4-5-10-15(18)17(12-11-16(19)20)14-9-7-6-8-13(14)2/h6-9H,3-5,10-12H2,1-2H3,(H,19,20). The summed E-state index contributed by atoms with van der Waals surface area (Å²) in [7, 11) is 0. The second-order valence-electron chi connectivity index (χ2n) is 4.93. The van der Waals surface area contributed by atoms with E-state index >= 15 is 0 Å². The molecule has 1 aromatic rings. The van der Waals surface area contributed by atoms with E-state index in [0.717, 1.165) is 30.5 Å². The first-order valence-corrected chi connectivity index (χ1v) is 7.14. The first-order valence-electron chi connectivity index (χ1n) is 7.14. The van der Waals surface area contributed by atoms with E-state index in [1.807, 2.05) is 31.2 Å². The van der Waals surface area contributed by atoms with Crippen molar-refractivity contribution in [1.29, 1.82) is 0 Å². The zero-order chi connectivity index (χ0) is 15.0. The maximum absolute atomic E-state index is 12.3. The fraction of sp³-hybridized carbons (Fsp3) is 0.500. The van der Waals surface area contributed by atoms with E-state index in [2.05, 4.69) is 6.92 Å². The number of aryl methyl sites for hydroxylation is 1. The average Bonchev–Trinajstić information content (AvgIpc) is 2.41. The molecule has 1 rings (SSSR count). The number of rotatable bonds is 8. The van der Waals surface area contributed by atoms with Crippen molar-refractivity contribution in [3.8, 4) is 0 Å². The van der Waals surface area contributed by atoms with Gasteiger partial charge in [-0.2, -0.15) is 0 Å². The molecule has 0 atom stereocenters. The maximum atomic E-state index is 12.3. The molecular formula is C16H23NO3. The van der Waals surface area contributed by atoms with Crippen LogP contribution in [0.3, 0.4) is 0 Å². The van der Waals surface area contributed by atoms with Crippen molar-refractivity contribution in [2.75, 3.05) is 11.4 Å². The summed E-state index contributed by atoms with van der Waals surface area (Å²) in [5.41, 5.74) is 1.80. The number of carboxylic acids is 1. The number of nitrogens with zero attached hydrogens (tertiary/aromatic N) is 1.